The van der Waals surface area contributed by atoms with Gasteiger partial charge in [-0.15, -0.1) is 0 Å². The van der Waals surface area contributed by atoms with Crippen LogP contribution in [0.25, 0.3) is 11.1 Å². The van der Waals surface area contributed by atoms with Crippen molar-refractivity contribution in [2.24, 2.45) is 0 Å². The molecule has 0 nitrogen and oxygen atoms in total. The monoisotopic (exact) mass is 334 g/mol. The molecule has 0 bridgehead atoms. The summed E-state index contributed by atoms with van der Waals surface area (Å²) in [7, 11) is 0. The summed E-state index contributed by atoms with van der Waals surface area (Å²) < 4.78 is 0. The van der Waals surface area contributed by atoms with Gasteiger partial charge in [-0.25, -0.2) is 0 Å². The van der Waals surface area contributed by atoms with Gasteiger partial charge < -0.3 is 0 Å². The molecule has 0 spiro atoms. The molecular weight excluding hydrogens is 300 g/mol. The Morgan fingerprint density at radius 3 is 2.40 bits per heavy atom. The molecule has 1 aromatic rings. The number of hydrogen-bond donors (Lipinski definition) is 0. The van der Waals surface area contributed by atoms with Crippen LogP contribution in [0.3, 0.4) is 0 Å². The van der Waals surface area contributed by atoms with Crippen molar-refractivity contribution in [3.63, 3.8) is 0 Å². The Morgan fingerprint density at radius 1 is 1.12 bits per heavy atom. The minimum atomic E-state index is 0.982. The predicted molar refractivity (Wildman–Crippen MR) is 116 cm³/mol. The van der Waals surface area contributed by atoms with Gasteiger partial charge in [0, 0.05) is 0 Å². The summed E-state index contributed by atoms with van der Waals surface area (Å²) in [5.41, 5.74) is 8.80. The molecule has 0 N–H and O–H groups in total. The van der Waals surface area contributed by atoms with E-state index in [1.54, 1.807) is 0 Å². The van der Waals surface area contributed by atoms with E-state index >= 15 is 0 Å². The van der Waals surface area contributed by atoms with E-state index in [4.69, 9.17) is 0 Å². The van der Waals surface area contributed by atoms with E-state index in [-0.39, 0.29) is 0 Å². The van der Waals surface area contributed by atoms with Crippen molar-refractivity contribution in [2.45, 2.75) is 60.3 Å². The fraction of sp³-hybridized carbons (Fsp3) is 0.360. The van der Waals surface area contributed by atoms with Crippen molar-refractivity contribution in [3.8, 4) is 0 Å². The Hall–Kier alpha value is -2.08. The Labute approximate surface area is 155 Å². The molecule has 0 atom stereocenters. The second-order valence-corrected chi connectivity index (χ2v) is 6.64. The summed E-state index contributed by atoms with van der Waals surface area (Å²) in [5.74, 6) is 0. The van der Waals surface area contributed by atoms with Gasteiger partial charge >= 0.3 is 0 Å². The molecule has 0 heterocycles. The van der Waals surface area contributed by atoms with Crippen LogP contribution in [0.15, 0.2) is 66.8 Å². The summed E-state index contributed by atoms with van der Waals surface area (Å²) in [4.78, 5) is 0. The zero-order chi connectivity index (χ0) is 18.8. The zero-order valence-corrected chi connectivity index (χ0v) is 16.8. The van der Waals surface area contributed by atoms with E-state index in [2.05, 4.69) is 77.3 Å². The normalized spacial score (nSPS) is 12.7. The van der Waals surface area contributed by atoms with Gasteiger partial charge in [-0.3, -0.25) is 0 Å². The van der Waals surface area contributed by atoms with Crippen LogP contribution in [0, 0.1) is 6.92 Å². The van der Waals surface area contributed by atoms with E-state index < -0.39 is 0 Å². The molecule has 0 unspecified atom stereocenters. The number of unbranched alkanes of at least 4 members (excludes halogenated alkanes) is 1. The third-order valence-corrected chi connectivity index (χ3v) is 4.56. The highest BCUT2D eigenvalue weighted by atomic mass is 14.2. The van der Waals surface area contributed by atoms with Crippen molar-refractivity contribution in [2.75, 3.05) is 0 Å². The summed E-state index contributed by atoms with van der Waals surface area (Å²) in [6.45, 7) is 19.4. The van der Waals surface area contributed by atoms with Gasteiger partial charge in [0.1, 0.15) is 0 Å². The topological polar surface area (TPSA) is 0 Å². The van der Waals surface area contributed by atoms with E-state index in [0.29, 0.717) is 0 Å². The molecule has 0 aliphatic rings. The lowest BCUT2D eigenvalue weighted by Gasteiger charge is -2.17. The Morgan fingerprint density at radius 2 is 1.84 bits per heavy atom. The Balaban J connectivity index is 3.39. The molecule has 0 saturated heterocycles. The highest BCUT2D eigenvalue weighted by Crippen LogP contribution is 2.33. The molecule has 0 aliphatic heterocycles. The number of allylic oxidation sites excluding steroid dienone is 8. The Kier molecular flexibility index (Phi) is 8.99. The SMILES string of the molecule is C=C(CCCC)\C(=C(C)/C=C\C=C/C)c1ccc(C(=C)CC)cc1C. The molecule has 0 aliphatic carbocycles. The van der Waals surface area contributed by atoms with Crippen LogP contribution in [0.2, 0.25) is 0 Å². The first-order valence-electron chi connectivity index (χ1n) is 9.43. The van der Waals surface area contributed by atoms with Crippen LogP contribution in [0.4, 0.5) is 0 Å². The van der Waals surface area contributed by atoms with Gasteiger partial charge in [0.05, 0.1) is 0 Å². The van der Waals surface area contributed by atoms with Gasteiger partial charge in [0.15, 0.2) is 0 Å². The van der Waals surface area contributed by atoms with Crippen LogP contribution < -0.4 is 0 Å². The average Bonchev–Trinajstić information content (AvgIpc) is 2.61. The van der Waals surface area contributed by atoms with Crippen molar-refractivity contribution >= 4 is 11.1 Å². The van der Waals surface area contributed by atoms with Gasteiger partial charge in [-0.2, -0.15) is 0 Å². The molecule has 1 aromatic carbocycles. The summed E-state index contributed by atoms with van der Waals surface area (Å²) in [6.07, 6.45) is 12.8. The summed E-state index contributed by atoms with van der Waals surface area (Å²) in [5, 5.41) is 0. The minimum Gasteiger partial charge on any atom is -0.0952 e. The average molecular weight is 335 g/mol. The highest BCUT2D eigenvalue weighted by Gasteiger charge is 2.12. The fourth-order valence-corrected chi connectivity index (χ4v) is 2.96. The second kappa shape index (κ2) is 10.7. The second-order valence-electron chi connectivity index (χ2n) is 6.64. The van der Waals surface area contributed by atoms with Crippen LogP contribution in [-0.2, 0) is 0 Å². The van der Waals surface area contributed by atoms with E-state index in [0.717, 1.165) is 12.8 Å². The van der Waals surface area contributed by atoms with Gasteiger partial charge in [-0.05, 0) is 79.0 Å². The van der Waals surface area contributed by atoms with Crippen molar-refractivity contribution in [3.05, 3.63) is 83.5 Å². The molecule has 0 amide bonds. The van der Waals surface area contributed by atoms with Crippen molar-refractivity contribution < 1.29 is 0 Å². The molecular formula is C25H34. The smallest absolute Gasteiger partial charge is 0.0126 e. The van der Waals surface area contributed by atoms with Crippen molar-refractivity contribution in [1.29, 1.82) is 0 Å². The standard InChI is InChI=1S/C25H34/c1-8-11-13-15-21(6)25(20(5)14-12-9-2)24-17-16-23(18-22(24)7)19(4)10-3/h8,11,13,15-18H,4-5,9-10,12,14H2,1-3,6-7H3/b11-8-,15-13-,25-21+. The number of hydrogen-bond acceptors (Lipinski definition) is 0. The first-order valence-corrected chi connectivity index (χ1v) is 9.43. The number of benzene rings is 1. The molecule has 25 heavy (non-hydrogen) atoms. The molecule has 0 saturated carbocycles. The van der Waals surface area contributed by atoms with E-state index in [1.165, 1.54) is 51.8 Å². The molecule has 0 radical (unpaired) electrons. The van der Waals surface area contributed by atoms with Crippen molar-refractivity contribution in [1.82, 2.24) is 0 Å². The molecule has 0 heteroatoms. The lowest BCUT2D eigenvalue weighted by Crippen LogP contribution is -1.97. The number of rotatable bonds is 9. The lowest BCUT2D eigenvalue weighted by atomic mass is 9.87. The first-order chi connectivity index (χ1) is 12.0. The van der Waals surface area contributed by atoms with E-state index in [1.807, 2.05) is 13.0 Å². The van der Waals surface area contributed by atoms with Gasteiger partial charge in [0.25, 0.3) is 0 Å². The maximum Gasteiger partial charge on any atom is -0.0126 e. The number of aryl methyl sites for hydroxylation is 1. The van der Waals surface area contributed by atoms with Crippen LogP contribution in [-0.4, -0.2) is 0 Å². The van der Waals surface area contributed by atoms with Crippen LogP contribution in [0.1, 0.15) is 70.1 Å². The van der Waals surface area contributed by atoms with Gasteiger partial charge in [-0.1, -0.05) is 75.9 Å². The summed E-state index contributed by atoms with van der Waals surface area (Å²) >= 11 is 0. The third-order valence-electron chi connectivity index (χ3n) is 4.56. The van der Waals surface area contributed by atoms with Crippen LogP contribution in [0.5, 0.6) is 0 Å². The fourth-order valence-electron chi connectivity index (χ4n) is 2.96. The lowest BCUT2D eigenvalue weighted by molar-refractivity contribution is 0.801. The minimum absolute atomic E-state index is 0.982. The highest BCUT2D eigenvalue weighted by molar-refractivity contribution is 5.84. The molecule has 0 fully saturated rings. The largest absolute Gasteiger partial charge is 0.0952 e. The quantitative estimate of drug-likeness (QED) is 0.400. The molecule has 134 valence electrons. The third kappa shape index (κ3) is 6.05. The molecule has 0 aromatic heterocycles. The summed E-state index contributed by atoms with van der Waals surface area (Å²) in [6, 6.07) is 6.70. The van der Waals surface area contributed by atoms with Crippen LogP contribution >= 0.6 is 0 Å². The van der Waals surface area contributed by atoms with E-state index in [9.17, 15) is 0 Å². The predicted octanol–water partition coefficient (Wildman–Crippen LogP) is 8.07. The zero-order valence-electron chi connectivity index (χ0n) is 16.8. The van der Waals surface area contributed by atoms with Gasteiger partial charge in [0.2, 0.25) is 0 Å². The first kappa shape index (κ1) is 21.0. The maximum absolute atomic E-state index is 4.41. The maximum atomic E-state index is 4.41. The molecule has 1 rings (SSSR count). The Bertz CT molecular complexity index is 693.